The molecule has 3 rings (SSSR count). The van der Waals surface area contributed by atoms with Crippen LogP contribution in [0.5, 0.6) is 0 Å². The van der Waals surface area contributed by atoms with Gasteiger partial charge in [-0.2, -0.15) is 0 Å². The zero-order valence-electron chi connectivity index (χ0n) is 16.9. The smallest absolute Gasteiger partial charge is 0.210 e. The number of thioether (sulfide) groups is 1. The number of Topliss-reactive ketones (excluding diaryl/α,β-unsaturated/α-hetero) is 1. The number of aromatic nitrogens is 2. The zero-order valence-corrected chi connectivity index (χ0v) is 18.5. The van der Waals surface area contributed by atoms with Crippen molar-refractivity contribution in [3.63, 3.8) is 0 Å². The van der Waals surface area contributed by atoms with Gasteiger partial charge in [-0.15, -0.1) is 10.2 Å². The Bertz CT molecular complexity index is 978. The Morgan fingerprint density at radius 2 is 1.71 bits per heavy atom. The van der Waals surface area contributed by atoms with E-state index >= 15 is 0 Å². The number of carbonyl (C=O) groups is 1. The molecule has 1 N–H and O–H groups in total. The van der Waals surface area contributed by atoms with Crippen LogP contribution in [0.1, 0.15) is 52.4 Å². The number of benzene rings is 2. The first-order chi connectivity index (χ1) is 13.3. The molecule has 0 amide bonds. The summed E-state index contributed by atoms with van der Waals surface area (Å²) in [7, 11) is 0. The van der Waals surface area contributed by atoms with Gasteiger partial charge in [-0.25, -0.2) is 0 Å². The number of ketones is 1. The van der Waals surface area contributed by atoms with Crippen LogP contribution >= 0.6 is 23.1 Å². The molecule has 6 heteroatoms. The minimum Gasteiger partial charge on any atom is -0.330 e. The van der Waals surface area contributed by atoms with E-state index in [0.29, 0.717) is 11.7 Å². The molecular formula is C22H25N3OS2. The first kappa shape index (κ1) is 20.6. The summed E-state index contributed by atoms with van der Waals surface area (Å²) in [5.41, 5.74) is 6.47. The van der Waals surface area contributed by atoms with E-state index in [-0.39, 0.29) is 5.78 Å². The second kappa shape index (κ2) is 8.88. The second-order valence-electron chi connectivity index (χ2n) is 7.24. The van der Waals surface area contributed by atoms with Crippen molar-refractivity contribution in [3.8, 4) is 0 Å². The fourth-order valence-electron chi connectivity index (χ4n) is 2.86. The maximum atomic E-state index is 12.6. The Balaban J connectivity index is 1.60. The van der Waals surface area contributed by atoms with E-state index < -0.39 is 0 Å². The first-order valence-corrected chi connectivity index (χ1v) is 11.1. The largest absolute Gasteiger partial charge is 0.330 e. The van der Waals surface area contributed by atoms with Crippen molar-refractivity contribution in [3.05, 3.63) is 64.2 Å². The highest BCUT2D eigenvalue weighted by atomic mass is 32.2. The predicted molar refractivity (Wildman–Crippen MR) is 119 cm³/mol. The van der Waals surface area contributed by atoms with E-state index in [0.717, 1.165) is 31.8 Å². The monoisotopic (exact) mass is 411 g/mol. The molecule has 0 atom stereocenters. The van der Waals surface area contributed by atoms with Gasteiger partial charge in [0.25, 0.3) is 0 Å². The molecule has 0 saturated heterocycles. The van der Waals surface area contributed by atoms with E-state index in [1.54, 1.807) is 0 Å². The zero-order chi connectivity index (χ0) is 20.3. The highest BCUT2D eigenvalue weighted by Crippen LogP contribution is 2.29. The summed E-state index contributed by atoms with van der Waals surface area (Å²) < 4.78 is 0.788. The predicted octanol–water partition coefficient (Wildman–Crippen LogP) is 6.31. The van der Waals surface area contributed by atoms with Crippen molar-refractivity contribution in [2.24, 2.45) is 0 Å². The van der Waals surface area contributed by atoms with Gasteiger partial charge in [0, 0.05) is 11.3 Å². The molecule has 1 aromatic heterocycles. The van der Waals surface area contributed by atoms with Crippen LogP contribution in [0.2, 0.25) is 0 Å². The molecule has 28 heavy (non-hydrogen) atoms. The number of rotatable bonds is 7. The normalized spacial score (nSPS) is 11.1. The van der Waals surface area contributed by atoms with Crippen molar-refractivity contribution in [2.45, 2.75) is 44.9 Å². The lowest BCUT2D eigenvalue weighted by Crippen LogP contribution is -2.06. The molecule has 0 saturated carbocycles. The number of nitrogens with one attached hydrogen (secondary N) is 1. The summed E-state index contributed by atoms with van der Waals surface area (Å²) in [5.74, 6) is 0.998. The Morgan fingerprint density at radius 1 is 1.04 bits per heavy atom. The number of nitrogens with zero attached hydrogens (tertiary/aromatic N) is 2. The van der Waals surface area contributed by atoms with Gasteiger partial charge in [-0.05, 0) is 67.1 Å². The summed E-state index contributed by atoms with van der Waals surface area (Å²) >= 11 is 2.90. The molecule has 3 aromatic rings. The molecular weight excluding hydrogens is 386 g/mol. The average molecular weight is 412 g/mol. The van der Waals surface area contributed by atoms with Crippen LogP contribution in [-0.4, -0.2) is 21.7 Å². The maximum Gasteiger partial charge on any atom is 0.210 e. The summed E-state index contributed by atoms with van der Waals surface area (Å²) in [6, 6.07) is 12.4. The van der Waals surface area contributed by atoms with Gasteiger partial charge in [0.05, 0.1) is 5.75 Å². The molecule has 0 fully saturated rings. The van der Waals surface area contributed by atoms with Crippen molar-refractivity contribution < 1.29 is 4.79 Å². The maximum absolute atomic E-state index is 12.6. The molecule has 0 aliphatic rings. The standard InChI is InChI=1S/C22H25N3OS2/c1-13(2)17-6-8-18(9-7-17)23-21-24-25-22(28-21)27-12-20(26)19-11-15(4)14(3)10-16(19)5/h6-11,13H,12H2,1-5H3,(H,23,24). The topological polar surface area (TPSA) is 54.9 Å². The van der Waals surface area contributed by atoms with Crippen molar-refractivity contribution in [1.29, 1.82) is 0 Å². The Hall–Kier alpha value is -2.18. The highest BCUT2D eigenvalue weighted by molar-refractivity contribution is 8.01. The van der Waals surface area contributed by atoms with Gasteiger partial charge in [0.2, 0.25) is 5.13 Å². The molecule has 0 aliphatic heterocycles. The van der Waals surface area contributed by atoms with Gasteiger partial charge in [-0.1, -0.05) is 55.1 Å². The van der Waals surface area contributed by atoms with Crippen LogP contribution in [0.25, 0.3) is 0 Å². The van der Waals surface area contributed by atoms with E-state index in [4.69, 9.17) is 0 Å². The van der Waals surface area contributed by atoms with Crippen molar-refractivity contribution >= 4 is 39.7 Å². The molecule has 4 nitrogen and oxygen atoms in total. The average Bonchev–Trinajstić information content (AvgIpc) is 3.10. The number of hydrogen-bond acceptors (Lipinski definition) is 6. The third-order valence-corrected chi connectivity index (χ3v) is 6.67. The van der Waals surface area contributed by atoms with Crippen molar-refractivity contribution in [2.75, 3.05) is 11.1 Å². The van der Waals surface area contributed by atoms with E-state index in [9.17, 15) is 4.79 Å². The molecule has 2 aromatic carbocycles. The summed E-state index contributed by atoms with van der Waals surface area (Å²) in [4.78, 5) is 12.6. The van der Waals surface area contributed by atoms with Gasteiger partial charge >= 0.3 is 0 Å². The van der Waals surface area contributed by atoms with E-state index in [1.165, 1.54) is 34.2 Å². The van der Waals surface area contributed by atoms with Crippen molar-refractivity contribution in [1.82, 2.24) is 10.2 Å². The molecule has 0 aliphatic carbocycles. The van der Waals surface area contributed by atoms with Crippen LogP contribution < -0.4 is 5.32 Å². The third kappa shape index (κ3) is 5.00. The highest BCUT2D eigenvalue weighted by Gasteiger charge is 2.13. The quantitative estimate of drug-likeness (QED) is 0.365. The minimum absolute atomic E-state index is 0.125. The Labute approximate surface area is 174 Å². The Morgan fingerprint density at radius 3 is 2.39 bits per heavy atom. The molecule has 0 bridgehead atoms. The van der Waals surface area contributed by atoms with Gasteiger partial charge in [0.15, 0.2) is 10.1 Å². The van der Waals surface area contributed by atoms with Gasteiger partial charge in [-0.3, -0.25) is 4.79 Å². The van der Waals surface area contributed by atoms with Crippen LogP contribution in [-0.2, 0) is 0 Å². The van der Waals surface area contributed by atoms with Gasteiger partial charge in [0.1, 0.15) is 0 Å². The number of anilines is 2. The summed E-state index contributed by atoms with van der Waals surface area (Å²) in [5, 5.41) is 12.4. The molecule has 0 unspecified atom stereocenters. The van der Waals surface area contributed by atoms with Crippen LogP contribution in [0.4, 0.5) is 10.8 Å². The van der Waals surface area contributed by atoms with E-state index in [2.05, 4.69) is 66.6 Å². The SMILES string of the molecule is Cc1cc(C)c(C(=O)CSc2nnc(Nc3ccc(C(C)C)cc3)s2)cc1C. The van der Waals surface area contributed by atoms with E-state index in [1.807, 2.05) is 19.9 Å². The van der Waals surface area contributed by atoms with Crippen LogP contribution in [0.15, 0.2) is 40.7 Å². The fraction of sp³-hybridized carbons (Fsp3) is 0.318. The molecule has 0 spiro atoms. The fourth-order valence-corrected chi connectivity index (χ4v) is 4.51. The molecule has 0 radical (unpaired) electrons. The van der Waals surface area contributed by atoms with Gasteiger partial charge < -0.3 is 5.32 Å². The van der Waals surface area contributed by atoms with Crippen LogP contribution in [0.3, 0.4) is 0 Å². The second-order valence-corrected chi connectivity index (χ2v) is 9.44. The lowest BCUT2D eigenvalue weighted by molar-refractivity contribution is 0.102. The molecule has 1 heterocycles. The lowest BCUT2D eigenvalue weighted by atomic mass is 9.99. The number of aryl methyl sites for hydroxylation is 3. The summed E-state index contributed by atoms with van der Waals surface area (Å²) in [6.45, 7) is 10.4. The Kier molecular flexibility index (Phi) is 6.52. The number of carbonyl (C=O) groups excluding carboxylic acids is 1. The minimum atomic E-state index is 0.125. The molecule has 146 valence electrons. The first-order valence-electron chi connectivity index (χ1n) is 9.28. The third-order valence-electron chi connectivity index (χ3n) is 4.70. The number of hydrogen-bond donors (Lipinski definition) is 1. The lowest BCUT2D eigenvalue weighted by Gasteiger charge is -2.08. The van der Waals surface area contributed by atoms with Crippen LogP contribution in [0, 0.1) is 20.8 Å². The summed E-state index contributed by atoms with van der Waals surface area (Å²) in [6.07, 6.45) is 0.